The third-order valence-electron chi connectivity index (χ3n) is 4.05. The normalized spacial score (nSPS) is 27.5. The van der Waals surface area contributed by atoms with E-state index >= 15 is 0 Å². The van der Waals surface area contributed by atoms with E-state index in [1.165, 1.54) is 22.7 Å². The van der Waals surface area contributed by atoms with Gasteiger partial charge in [0.05, 0.1) is 28.2 Å². The molecule has 2 aromatic rings. The van der Waals surface area contributed by atoms with Gasteiger partial charge in [0.25, 0.3) is 7.82 Å². The number of nitrogen functional groups attached to an aromatic ring is 1. The fraction of sp³-hybridized carbons (Fsp3) is 0.545. The van der Waals surface area contributed by atoms with E-state index in [1.807, 2.05) is 0 Å². The van der Waals surface area contributed by atoms with Crippen molar-refractivity contribution in [1.29, 1.82) is 0 Å². The van der Waals surface area contributed by atoms with Crippen LogP contribution in [0.25, 0.3) is 11.2 Å². The SMILES string of the molecule is [B-][P@@](=O)(OC[C@H]1O[C@@H](n2cnc3c(N)nc(SC)nc32)[C@H](O)[C@@H]1O)OP(=O)([O-])OP(=O)([O-])[O-]. The van der Waals surface area contributed by atoms with Crippen LogP contribution in [-0.2, 0) is 31.6 Å². The molecule has 1 unspecified atom stereocenters. The number of fused-ring (bicyclic) bond motifs is 1. The highest BCUT2D eigenvalue weighted by Gasteiger charge is 2.44. The van der Waals surface area contributed by atoms with Crippen molar-refractivity contribution < 1.29 is 56.5 Å². The number of thioether (sulfide) groups is 1. The molecule has 4 N–H and O–H groups in total. The molecule has 0 bridgehead atoms. The van der Waals surface area contributed by atoms with E-state index in [-0.39, 0.29) is 17.0 Å². The van der Waals surface area contributed by atoms with Gasteiger partial charge in [0.1, 0.15) is 23.8 Å². The van der Waals surface area contributed by atoms with E-state index in [2.05, 4.69) is 28.1 Å². The summed E-state index contributed by atoms with van der Waals surface area (Å²) in [5.74, 6) is 0.0576. The Labute approximate surface area is 190 Å². The number of rotatable bonds is 9. The first kappa shape index (κ1) is 26.7. The molecule has 1 aliphatic rings. The average Bonchev–Trinajstić information content (AvgIpc) is 3.19. The summed E-state index contributed by atoms with van der Waals surface area (Å²) in [4.78, 5) is 44.4. The fourth-order valence-corrected chi connectivity index (χ4v) is 6.16. The van der Waals surface area contributed by atoms with Gasteiger partial charge in [0.15, 0.2) is 22.8 Å². The number of hydrogen-bond acceptors (Lipinski definition) is 17. The molecule has 3 rings (SSSR count). The molecule has 183 valence electrons. The number of nitrogens with two attached hydrogens (primary N) is 1. The third kappa shape index (κ3) is 6.41. The van der Waals surface area contributed by atoms with Crippen LogP contribution < -0.4 is 20.4 Å². The summed E-state index contributed by atoms with van der Waals surface area (Å²) < 4.78 is 52.0. The Bertz CT molecular complexity index is 1180. The Kier molecular flexibility index (Phi) is 7.79. The van der Waals surface area contributed by atoms with Crippen molar-refractivity contribution in [2.24, 2.45) is 0 Å². The van der Waals surface area contributed by atoms with Crippen LogP contribution in [0, 0.1) is 0 Å². The van der Waals surface area contributed by atoms with Crippen LogP contribution in [0.2, 0.25) is 0 Å². The molecule has 1 fully saturated rings. The van der Waals surface area contributed by atoms with Gasteiger partial charge < -0.3 is 56.6 Å². The molecule has 0 saturated carbocycles. The molecule has 3 radical (unpaired) electrons. The predicted molar refractivity (Wildman–Crippen MR) is 104 cm³/mol. The maximum Gasteiger partial charge on any atom is 0.276 e. The molecule has 1 aliphatic heterocycles. The predicted octanol–water partition coefficient (Wildman–Crippen LogP) is -2.63. The largest absolute Gasteiger partial charge is 0.790 e. The molecule has 1 saturated heterocycles. The molecule has 0 aliphatic carbocycles. The molecule has 0 spiro atoms. The Hall–Kier alpha value is -0.905. The van der Waals surface area contributed by atoms with E-state index in [4.69, 9.17) is 18.0 Å². The van der Waals surface area contributed by atoms with Crippen molar-refractivity contribution in [1.82, 2.24) is 19.5 Å². The van der Waals surface area contributed by atoms with Gasteiger partial charge in [-0.1, -0.05) is 11.8 Å². The van der Waals surface area contributed by atoms with Crippen molar-refractivity contribution >= 4 is 59.4 Å². The first-order valence-corrected chi connectivity index (χ1v) is 14.2. The second-order valence-electron chi connectivity index (χ2n) is 6.36. The lowest BCUT2D eigenvalue weighted by atomic mass is 10.1. The summed E-state index contributed by atoms with van der Waals surface area (Å²) in [6.07, 6.45) is -3.06. The Morgan fingerprint density at radius 3 is 2.52 bits per heavy atom. The lowest BCUT2D eigenvalue weighted by Crippen LogP contribution is -2.33. The number of imidazole rings is 1. The lowest BCUT2D eigenvalue weighted by molar-refractivity contribution is -0.339. The van der Waals surface area contributed by atoms with Crippen LogP contribution in [0.3, 0.4) is 0 Å². The summed E-state index contributed by atoms with van der Waals surface area (Å²) in [6, 6.07) is 0. The van der Waals surface area contributed by atoms with Gasteiger partial charge in [0, 0.05) is 0 Å². The zero-order valence-corrected chi connectivity index (χ0v) is 19.8. The molecule has 0 amide bonds. The van der Waals surface area contributed by atoms with Gasteiger partial charge in [-0.05, 0) is 6.26 Å². The summed E-state index contributed by atoms with van der Waals surface area (Å²) in [7, 11) is -12.0. The molecule has 3 heterocycles. The van der Waals surface area contributed by atoms with E-state index in [9.17, 15) is 38.6 Å². The van der Waals surface area contributed by atoms with Crippen molar-refractivity contribution in [2.75, 3.05) is 18.6 Å². The molecule has 22 heteroatoms. The minimum Gasteiger partial charge on any atom is -0.790 e. The summed E-state index contributed by atoms with van der Waals surface area (Å²) in [6.45, 7) is -0.894. The number of aliphatic hydroxyl groups is 2. The van der Waals surface area contributed by atoms with Gasteiger partial charge in [-0.15, -0.1) is 0 Å². The van der Waals surface area contributed by atoms with Gasteiger partial charge in [-0.25, -0.2) is 15.0 Å². The van der Waals surface area contributed by atoms with Crippen LogP contribution in [0.5, 0.6) is 0 Å². The number of aromatic nitrogens is 4. The lowest BCUT2D eigenvalue weighted by Gasteiger charge is -2.39. The van der Waals surface area contributed by atoms with Crippen molar-refractivity contribution in [2.45, 2.75) is 29.7 Å². The van der Waals surface area contributed by atoms with Crippen molar-refractivity contribution in [3.05, 3.63) is 6.33 Å². The molecule has 17 nitrogen and oxygen atoms in total. The summed E-state index contributed by atoms with van der Waals surface area (Å²) in [5, 5.41) is 20.9. The van der Waals surface area contributed by atoms with Crippen molar-refractivity contribution in [3.8, 4) is 0 Å². The maximum atomic E-state index is 12.0. The average molecular weight is 544 g/mol. The third-order valence-corrected chi connectivity index (χ3v) is 8.42. The number of nitrogens with zero attached hydrogens (tertiary/aromatic N) is 4. The number of phosphoric acid groups is 2. The standard InChI is InChI=1S/C11H17BN5O12P3S/c1-33-11-15-8(13)5-9(16-11)17(3-14-5)10-7(19)6(18)4(27-10)2-26-30(12,20)28-32(24,25)29-31(21,22)23/h3-4,6-7,10,18-19H,2H2,1H3,(H,24,25)(H2,13,15,16)(H2,21,22,23)/q-1/p-3/t4-,6-,7-,10-,30-/m1/s1. The first-order chi connectivity index (χ1) is 15.1. The number of ether oxygens (including phenoxy) is 1. The minimum absolute atomic E-state index is 0.0576. The topological polar surface area (TPSA) is 267 Å². The molecular weight excluding hydrogens is 530 g/mol. The van der Waals surface area contributed by atoms with Gasteiger partial charge in [-0.3, -0.25) is 17.8 Å². The van der Waals surface area contributed by atoms with E-state index in [1.54, 1.807) is 6.26 Å². The Morgan fingerprint density at radius 2 is 1.91 bits per heavy atom. The van der Waals surface area contributed by atoms with Gasteiger partial charge >= 0.3 is 0 Å². The van der Waals surface area contributed by atoms with Crippen LogP contribution in [0.4, 0.5) is 5.82 Å². The quantitative estimate of drug-likeness (QED) is 0.126. The minimum atomic E-state index is -6.06. The molecule has 2 aromatic heterocycles. The Morgan fingerprint density at radius 1 is 1.24 bits per heavy atom. The maximum absolute atomic E-state index is 12.0. The van der Waals surface area contributed by atoms with Crippen LogP contribution in [-0.4, -0.2) is 68.5 Å². The highest BCUT2D eigenvalue weighted by Crippen LogP contribution is 2.62. The van der Waals surface area contributed by atoms with Crippen molar-refractivity contribution in [3.63, 3.8) is 0 Å². The van der Waals surface area contributed by atoms with E-state index in [0.29, 0.717) is 5.16 Å². The zero-order valence-electron chi connectivity index (χ0n) is 16.3. The first-order valence-electron chi connectivity index (χ1n) is 8.47. The second-order valence-corrected chi connectivity index (χ2v) is 11.6. The number of aliphatic hydroxyl groups excluding tert-OH is 2. The molecular formula is C11H14BN5O12P3S-4. The monoisotopic (exact) mass is 544 g/mol. The van der Waals surface area contributed by atoms with E-state index in [0.717, 1.165) is 0 Å². The fourth-order valence-electron chi connectivity index (χ4n) is 2.77. The molecule has 6 atom stereocenters. The van der Waals surface area contributed by atoms with Crippen LogP contribution in [0.1, 0.15) is 6.23 Å². The Balaban J connectivity index is 1.73. The molecule has 0 aromatic carbocycles. The zero-order chi connectivity index (χ0) is 24.8. The number of anilines is 1. The second kappa shape index (κ2) is 9.62. The molecule has 33 heavy (non-hydrogen) atoms. The van der Waals surface area contributed by atoms with E-state index < -0.39 is 54.3 Å². The highest BCUT2D eigenvalue weighted by molar-refractivity contribution is 7.98. The summed E-state index contributed by atoms with van der Waals surface area (Å²) in [5.41, 5.74) is 6.19. The highest BCUT2D eigenvalue weighted by atomic mass is 32.2. The summed E-state index contributed by atoms with van der Waals surface area (Å²) >= 11 is 1.18. The van der Waals surface area contributed by atoms with Gasteiger partial charge in [-0.2, -0.15) is 0 Å². The smallest absolute Gasteiger partial charge is 0.276 e. The van der Waals surface area contributed by atoms with Crippen LogP contribution in [0.15, 0.2) is 11.5 Å². The van der Waals surface area contributed by atoms with Crippen LogP contribution >= 0.6 is 34.9 Å². The number of hydrogen-bond donors (Lipinski definition) is 3. The van der Waals surface area contributed by atoms with Gasteiger partial charge in [0.2, 0.25) is 0 Å².